The number of methoxy groups -OCH3 is 1. The third-order valence-corrected chi connectivity index (χ3v) is 6.25. The van der Waals surface area contributed by atoms with Crippen molar-refractivity contribution in [3.8, 4) is 17.2 Å². The fourth-order valence-corrected chi connectivity index (χ4v) is 4.08. The number of allylic oxidation sites excluding steroid dienone is 2. The van der Waals surface area contributed by atoms with E-state index >= 15 is 0 Å². The third-order valence-electron chi connectivity index (χ3n) is 4.97. The molecule has 9 heteroatoms. The smallest absolute Gasteiger partial charge is 0.258 e. The van der Waals surface area contributed by atoms with Crippen molar-refractivity contribution in [1.82, 2.24) is 4.90 Å². The first kappa shape index (κ1) is 22.7. The first-order chi connectivity index (χ1) is 14.5. The molecule has 7 nitrogen and oxygen atoms in total. The summed E-state index contributed by atoms with van der Waals surface area (Å²) < 4.78 is 19.0. The molecule has 1 atom stereocenters. The summed E-state index contributed by atoms with van der Waals surface area (Å²) in [7, 11) is 0.992. The van der Waals surface area contributed by atoms with Crippen LogP contribution in [0, 0.1) is 4.78 Å². The largest absolute Gasteiger partial charge is 0.507 e. The topological polar surface area (TPSA) is 94.9 Å². The molecule has 2 aliphatic rings. The predicted octanol–water partition coefficient (Wildman–Crippen LogP) is 3.93. The molecule has 0 spiro atoms. The van der Waals surface area contributed by atoms with Crippen molar-refractivity contribution in [3.63, 3.8) is 0 Å². The number of hydrogen-bond donors (Lipinski definition) is 3. The molecule has 1 unspecified atom stereocenters. The van der Waals surface area contributed by atoms with E-state index in [0.29, 0.717) is 25.4 Å². The van der Waals surface area contributed by atoms with Crippen LogP contribution < -0.4 is 14.8 Å². The number of carbonyl (C=O) groups excluding carboxylic acids is 1. The van der Waals surface area contributed by atoms with E-state index in [9.17, 15) is 9.90 Å². The number of rotatable bonds is 7. The third kappa shape index (κ3) is 5.21. The number of amides is 1. The van der Waals surface area contributed by atoms with Gasteiger partial charge in [-0.25, -0.2) is 0 Å². The zero-order valence-corrected chi connectivity index (χ0v) is 18.5. The summed E-state index contributed by atoms with van der Waals surface area (Å²) >= 11 is 0. The second kappa shape index (κ2) is 9.89. The van der Waals surface area contributed by atoms with Crippen molar-refractivity contribution < 1.29 is 19.4 Å². The number of nitrogens with zero attached hydrogens (tertiary/aromatic N) is 1. The highest BCUT2D eigenvalue weighted by atomic mass is 35.5. The Kier molecular flexibility index (Phi) is 7.25. The van der Waals surface area contributed by atoms with E-state index in [-0.39, 0.29) is 35.7 Å². The lowest BCUT2D eigenvalue weighted by Crippen LogP contribution is -2.56. The summed E-state index contributed by atoms with van der Waals surface area (Å²) in [6.45, 7) is 1.57. The molecule has 1 amide bonds. The van der Waals surface area contributed by atoms with E-state index in [1.165, 1.54) is 13.2 Å². The lowest BCUT2D eigenvalue weighted by atomic mass is 10.1. The number of carbonyl (C=O) groups is 1. The average molecular weight is 462 g/mol. The van der Waals surface area contributed by atoms with E-state index in [1.807, 2.05) is 41.8 Å². The van der Waals surface area contributed by atoms with Crippen LogP contribution in [0.3, 0.4) is 0 Å². The lowest BCUT2D eigenvalue weighted by molar-refractivity contribution is 0.0175. The maximum atomic E-state index is 12.6. The van der Waals surface area contributed by atoms with Gasteiger partial charge in [-0.2, -0.15) is 0 Å². The van der Waals surface area contributed by atoms with Crippen LogP contribution >= 0.6 is 12.4 Å². The van der Waals surface area contributed by atoms with Crippen LogP contribution in [0.15, 0.2) is 64.9 Å². The highest BCUT2D eigenvalue weighted by Crippen LogP contribution is 2.27. The fraction of sp³-hybridized carbons (Fsp3) is 0.227. The molecule has 0 aromatic heterocycles. The van der Waals surface area contributed by atoms with Crippen molar-refractivity contribution in [3.05, 3.63) is 70.5 Å². The summed E-state index contributed by atoms with van der Waals surface area (Å²) in [5.74, 6) is 0.964. The molecule has 1 fully saturated rings. The number of aromatic hydroxyl groups is 1. The maximum Gasteiger partial charge on any atom is 0.258 e. The summed E-state index contributed by atoms with van der Waals surface area (Å²) in [6.07, 6.45) is 3.82. The van der Waals surface area contributed by atoms with E-state index < -0.39 is 10.7 Å². The summed E-state index contributed by atoms with van der Waals surface area (Å²) in [4.78, 5) is 15.3. The minimum atomic E-state index is -0.526. The van der Waals surface area contributed by atoms with Crippen LogP contribution in [0.5, 0.6) is 17.2 Å². The van der Waals surface area contributed by atoms with Gasteiger partial charge < -0.3 is 24.8 Å². The molecule has 2 heterocycles. The van der Waals surface area contributed by atoms with Crippen molar-refractivity contribution in [2.75, 3.05) is 32.1 Å². The van der Waals surface area contributed by atoms with Gasteiger partial charge in [0.1, 0.15) is 23.4 Å². The quantitative estimate of drug-likeness (QED) is 0.580. The number of phenols is 1. The molecule has 0 radical (unpaired) electrons. The Balaban J connectivity index is 0.00000272. The van der Waals surface area contributed by atoms with Crippen molar-refractivity contribution in [2.45, 2.75) is 6.10 Å². The monoisotopic (exact) mass is 461 g/mol. The van der Waals surface area contributed by atoms with Gasteiger partial charge in [-0.1, -0.05) is 16.8 Å². The van der Waals surface area contributed by atoms with Crippen LogP contribution in [0.1, 0.15) is 10.4 Å². The number of benzene rings is 2. The Bertz CT molecular complexity index is 1030. The highest BCUT2D eigenvalue weighted by molar-refractivity contribution is 7.93. The Hall–Kier alpha value is -2.97. The Labute approximate surface area is 189 Å². The number of nitrogens with one attached hydrogen (secondary N) is 2. The van der Waals surface area contributed by atoms with Gasteiger partial charge in [0, 0.05) is 17.1 Å². The van der Waals surface area contributed by atoms with E-state index in [1.54, 1.807) is 17.0 Å². The number of halogens is 1. The first-order valence-electron chi connectivity index (χ1n) is 9.52. The maximum absolute atomic E-state index is 12.6. The van der Waals surface area contributed by atoms with Crippen LogP contribution in [0.25, 0.3) is 0 Å². The zero-order chi connectivity index (χ0) is 21.1. The molecule has 2 aromatic rings. The molecule has 0 saturated carbocycles. The van der Waals surface area contributed by atoms with Crippen LogP contribution in [0.2, 0.25) is 0 Å². The average Bonchev–Trinajstić information content (AvgIpc) is 3.14. The first-order valence-corrected chi connectivity index (χ1v) is 10.8. The van der Waals surface area contributed by atoms with Gasteiger partial charge in [0.2, 0.25) is 0 Å². The number of phenolic OH excluding ortho intramolecular Hbond substituents is 1. The minimum absolute atomic E-state index is 0. The zero-order valence-electron chi connectivity index (χ0n) is 16.9. The van der Waals surface area contributed by atoms with Crippen molar-refractivity contribution in [2.24, 2.45) is 0 Å². The van der Waals surface area contributed by atoms with Gasteiger partial charge in [0.25, 0.3) is 5.91 Å². The van der Waals surface area contributed by atoms with Gasteiger partial charge in [0.05, 0.1) is 25.8 Å². The minimum Gasteiger partial charge on any atom is -0.507 e. The molecule has 0 aliphatic carbocycles. The summed E-state index contributed by atoms with van der Waals surface area (Å²) in [6, 6.07) is 12.3. The Morgan fingerprint density at radius 2 is 1.94 bits per heavy atom. The molecule has 0 bridgehead atoms. The van der Waals surface area contributed by atoms with Crippen LogP contribution in [-0.2, 0) is 10.7 Å². The second-order valence-electron chi connectivity index (χ2n) is 7.01. The highest BCUT2D eigenvalue weighted by Gasteiger charge is 2.34. The van der Waals surface area contributed by atoms with Crippen LogP contribution in [0.4, 0.5) is 5.69 Å². The number of hydrogen-bond acceptors (Lipinski definition) is 6. The standard InChI is InChI=1S/C22H23N3O4S.ClH/c1-28-17-8-9-21(26)20(11-17)22(27)25-13-18(14-25)29-16-6-4-15(5-7-16)24-12-19-3-2-10-30(19)23;/h2-11,18,23-24,26H,12-14H2,1H3;1H. The molecule has 1 saturated heterocycles. The number of ether oxygens (including phenoxy) is 2. The SMILES string of the molecule is COc1ccc(O)c(C(=O)N2CC(Oc3ccc(NCC4=CC=CS4=N)cc3)C2)c1.Cl. The van der Waals surface area contributed by atoms with Gasteiger partial charge in [-0.3, -0.25) is 9.57 Å². The van der Waals surface area contributed by atoms with E-state index in [0.717, 1.165) is 16.3 Å². The predicted molar refractivity (Wildman–Crippen MR) is 124 cm³/mol. The molecule has 2 aromatic carbocycles. The van der Waals surface area contributed by atoms with Gasteiger partial charge in [0.15, 0.2) is 0 Å². The molecular formula is C22H24ClN3O4S. The molecule has 3 N–H and O–H groups in total. The van der Waals surface area contributed by atoms with Crippen molar-refractivity contribution >= 4 is 34.7 Å². The van der Waals surface area contributed by atoms with Gasteiger partial charge in [-0.15, -0.1) is 12.4 Å². The lowest BCUT2D eigenvalue weighted by Gasteiger charge is -2.39. The molecule has 31 heavy (non-hydrogen) atoms. The summed E-state index contributed by atoms with van der Waals surface area (Å²) in [5.41, 5.74) is 1.19. The van der Waals surface area contributed by atoms with Gasteiger partial charge >= 0.3 is 0 Å². The normalized spacial score (nSPS) is 17.4. The molecule has 164 valence electrons. The summed E-state index contributed by atoms with van der Waals surface area (Å²) in [5, 5.41) is 15.2. The Morgan fingerprint density at radius 1 is 1.23 bits per heavy atom. The Morgan fingerprint density at radius 3 is 2.58 bits per heavy atom. The van der Waals surface area contributed by atoms with Crippen LogP contribution in [-0.4, -0.2) is 48.8 Å². The fourth-order valence-electron chi connectivity index (χ4n) is 3.22. The molecular weight excluding hydrogens is 438 g/mol. The second-order valence-corrected chi connectivity index (χ2v) is 8.48. The molecule has 4 rings (SSSR count). The van der Waals surface area contributed by atoms with Gasteiger partial charge in [-0.05, 0) is 53.9 Å². The van der Waals surface area contributed by atoms with E-state index in [2.05, 4.69) is 5.32 Å². The number of likely N-dealkylation sites (tertiary alicyclic amines) is 1. The molecule has 2 aliphatic heterocycles. The van der Waals surface area contributed by atoms with E-state index in [4.69, 9.17) is 14.3 Å². The van der Waals surface area contributed by atoms with Crippen molar-refractivity contribution in [1.29, 1.82) is 4.78 Å². The number of anilines is 1.